The third kappa shape index (κ3) is 2.18. The van der Waals surface area contributed by atoms with E-state index in [0.717, 1.165) is 6.07 Å². The molecule has 1 N–H and O–H groups in total. The molecule has 0 saturated carbocycles. The summed E-state index contributed by atoms with van der Waals surface area (Å²) in [6.07, 6.45) is 0. The van der Waals surface area contributed by atoms with Gasteiger partial charge in [-0.2, -0.15) is 0 Å². The zero-order valence-electron chi connectivity index (χ0n) is 7.08. The van der Waals surface area contributed by atoms with E-state index in [-0.39, 0.29) is 5.56 Å². The lowest BCUT2D eigenvalue weighted by atomic mass is 10.2. The lowest BCUT2D eigenvalue weighted by molar-refractivity contribution is 0.0691. The first-order chi connectivity index (χ1) is 6.15. The molecule has 4 heteroatoms. The minimum absolute atomic E-state index is 0.362. The number of halogens is 1. The van der Waals surface area contributed by atoms with Crippen molar-refractivity contribution >= 4 is 5.97 Å². The average molecular weight is 184 g/mol. The van der Waals surface area contributed by atoms with Crippen molar-refractivity contribution in [2.75, 3.05) is 6.61 Å². The maximum absolute atomic E-state index is 12.8. The van der Waals surface area contributed by atoms with Gasteiger partial charge >= 0.3 is 5.97 Å². The highest BCUT2D eigenvalue weighted by molar-refractivity contribution is 5.88. The molecule has 0 radical (unpaired) electrons. The molecule has 0 aromatic heterocycles. The van der Waals surface area contributed by atoms with Crippen molar-refractivity contribution in [3.8, 4) is 5.75 Å². The largest absolute Gasteiger partial charge is 0.494 e. The van der Waals surface area contributed by atoms with Gasteiger partial charge in [-0.1, -0.05) is 0 Å². The maximum Gasteiger partial charge on any atom is 0.338 e. The van der Waals surface area contributed by atoms with Gasteiger partial charge in [-0.25, -0.2) is 9.18 Å². The summed E-state index contributed by atoms with van der Waals surface area (Å²) in [5.41, 5.74) is -0.369. The minimum atomic E-state index is -1.29. The summed E-state index contributed by atoms with van der Waals surface area (Å²) < 4.78 is 17.8. The molecule has 0 spiro atoms. The fraction of sp³-hybridized carbons (Fsp3) is 0.222. The molecule has 0 unspecified atom stereocenters. The zero-order valence-corrected chi connectivity index (χ0v) is 7.08. The van der Waals surface area contributed by atoms with Crippen LogP contribution in [-0.2, 0) is 0 Å². The molecule has 0 heterocycles. The molecule has 1 aromatic carbocycles. The molecular formula is C9H9FO3. The second kappa shape index (κ2) is 3.89. The minimum Gasteiger partial charge on any atom is -0.494 e. The molecule has 1 rings (SSSR count). The van der Waals surface area contributed by atoms with Crippen molar-refractivity contribution < 1.29 is 19.0 Å². The second-order valence-electron chi connectivity index (χ2n) is 2.38. The summed E-state index contributed by atoms with van der Waals surface area (Å²) in [5, 5.41) is 8.56. The number of aromatic carboxylic acids is 1. The molecule has 0 aliphatic rings. The summed E-state index contributed by atoms with van der Waals surface area (Å²) in [6.45, 7) is 2.19. The van der Waals surface area contributed by atoms with E-state index in [2.05, 4.69) is 0 Å². The van der Waals surface area contributed by atoms with Crippen LogP contribution in [0.3, 0.4) is 0 Å². The van der Waals surface area contributed by atoms with Crippen LogP contribution in [0.25, 0.3) is 0 Å². The molecule has 70 valence electrons. The Morgan fingerprint density at radius 2 is 2.31 bits per heavy atom. The van der Waals surface area contributed by atoms with Gasteiger partial charge in [0, 0.05) is 0 Å². The van der Waals surface area contributed by atoms with Gasteiger partial charge in [0.25, 0.3) is 0 Å². The first-order valence-electron chi connectivity index (χ1n) is 3.80. The van der Waals surface area contributed by atoms with Crippen LogP contribution in [0.4, 0.5) is 4.39 Å². The van der Waals surface area contributed by atoms with E-state index >= 15 is 0 Å². The Bertz CT molecular complexity index is 323. The molecule has 1 aromatic rings. The van der Waals surface area contributed by atoms with Crippen molar-refractivity contribution in [1.29, 1.82) is 0 Å². The maximum atomic E-state index is 12.8. The molecule has 0 bridgehead atoms. The number of hydrogen-bond acceptors (Lipinski definition) is 2. The fourth-order valence-corrected chi connectivity index (χ4v) is 0.925. The van der Waals surface area contributed by atoms with E-state index in [1.54, 1.807) is 6.92 Å². The Morgan fingerprint density at radius 3 is 2.85 bits per heavy atom. The van der Waals surface area contributed by atoms with Crippen molar-refractivity contribution in [3.63, 3.8) is 0 Å². The summed E-state index contributed by atoms with van der Waals surface area (Å²) in [6, 6.07) is 3.64. The zero-order chi connectivity index (χ0) is 9.84. The van der Waals surface area contributed by atoms with Crippen molar-refractivity contribution in [1.82, 2.24) is 0 Å². The first-order valence-corrected chi connectivity index (χ1v) is 3.80. The lowest BCUT2D eigenvalue weighted by Gasteiger charge is -2.03. The average Bonchev–Trinajstić information content (AvgIpc) is 2.08. The predicted molar refractivity (Wildman–Crippen MR) is 44.5 cm³/mol. The van der Waals surface area contributed by atoms with Crippen molar-refractivity contribution in [2.24, 2.45) is 0 Å². The molecule has 13 heavy (non-hydrogen) atoms. The molecule has 3 nitrogen and oxygen atoms in total. The summed E-state index contributed by atoms with van der Waals surface area (Å²) in [7, 11) is 0. The number of carboxylic acid groups (broad SMARTS) is 1. The van der Waals surface area contributed by atoms with Crippen molar-refractivity contribution in [3.05, 3.63) is 29.6 Å². The second-order valence-corrected chi connectivity index (χ2v) is 2.38. The number of rotatable bonds is 3. The Hall–Kier alpha value is -1.58. The summed E-state index contributed by atoms with van der Waals surface area (Å²) in [4.78, 5) is 10.5. The smallest absolute Gasteiger partial charge is 0.338 e. The van der Waals surface area contributed by atoms with E-state index in [9.17, 15) is 9.18 Å². The molecule has 0 aliphatic carbocycles. The number of benzene rings is 1. The standard InChI is InChI=1S/C9H9FO3/c1-2-13-6-3-4-8(10)7(5-6)9(11)12/h3-5H,2H2,1H3,(H,11,12). The highest BCUT2D eigenvalue weighted by atomic mass is 19.1. The number of carboxylic acids is 1. The van der Waals surface area contributed by atoms with Gasteiger partial charge in [0.15, 0.2) is 0 Å². The van der Waals surface area contributed by atoms with E-state index < -0.39 is 11.8 Å². The molecular weight excluding hydrogens is 175 g/mol. The highest BCUT2D eigenvalue weighted by Crippen LogP contribution is 2.16. The molecule has 0 atom stereocenters. The summed E-state index contributed by atoms with van der Waals surface area (Å²) in [5.74, 6) is -1.68. The van der Waals surface area contributed by atoms with E-state index in [1.807, 2.05) is 0 Å². The van der Waals surface area contributed by atoms with Gasteiger partial charge < -0.3 is 9.84 Å². The van der Waals surface area contributed by atoms with Crippen LogP contribution >= 0.6 is 0 Å². The quantitative estimate of drug-likeness (QED) is 0.780. The third-order valence-electron chi connectivity index (χ3n) is 1.48. The molecule has 0 aliphatic heterocycles. The van der Waals surface area contributed by atoms with Crippen molar-refractivity contribution in [2.45, 2.75) is 6.92 Å². The monoisotopic (exact) mass is 184 g/mol. The van der Waals surface area contributed by atoms with Gasteiger partial charge in [-0.15, -0.1) is 0 Å². The van der Waals surface area contributed by atoms with Crippen LogP contribution in [0, 0.1) is 5.82 Å². The van der Waals surface area contributed by atoms with Crippen LogP contribution in [0.2, 0.25) is 0 Å². The topological polar surface area (TPSA) is 46.5 Å². The number of hydrogen-bond donors (Lipinski definition) is 1. The lowest BCUT2D eigenvalue weighted by Crippen LogP contribution is -2.01. The Kier molecular flexibility index (Phi) is 2.84. The van der Waals surface area contributed by atoms with Gasteiger partial charge in [0.1, 0.15) is 11.6 Å². The van der Waals surface area contributed by atoms with Gasteiger partial charge in [0.2, 0.25) is 0 Å². The molecule has 0 amide bonds. The van der Waals surface area contributed by atoms with Crippen LogP contribution in [0.15, 0.2) is 18.2 Å². The Labute approximate surface area is 74.8 Å². The number of carbonyl (C=O) groups is 1. The van der Waals surface area contributed by atoms with E-state index in [4.69, 9.17) is 9.84 Å². The summed E-state index contributed by atoms with van der Waals surface area (Å²) >= 11 is 0. The fourth-order valence-electron chi connectivity index (χ4n) is 0.925. The van der Waals surface area contributed by atoms with Gasteiger partial charge in [0.05, 0.1) is 12.2 Å². The Balaban J connectivity index is 3.04. The predicted octanol–water partition coefficient (Wildman–Crippen LogP) is 1.92. The molecule has 0 fully saturated rings. The number of ether oxygens (including phenoxy) is 1. The normalized spacial score (nSPS) is 9.69. The van der Waals surface area contributed by atoms with Crippen LogP contribution in [0.5, 0.6) is 5.75 Å². The third-order valence-corrected chi connectivity index (χ3v) is 1.48. The van der Waals surface area contributed by atoms with Gasteiger partial charge in [-0.3, -0.25) is 0 Å². The van der Waals surface area contributed by atoms with Gasteiger partial charge in [-0.05, 0) is 25.1 Å². The highest BCUT2D eigenvalue weighted by Gasteiger charge is 2.10. The SMILES string of the molecule is CCOc1ccc(F)c(C(=O)O)c1. The van der Waals surface area contributed by atoms with E-state index in [0.29, 0.717) is 12.4 Å². The van der Waals surface area contributed by atoms with Crippen LogP contribution in [0.1, 0.15) is 17.3 Å². The van der Waals surface area contributed by atoms with E-state index in [1.165, 1.54) is 12.1 Å². The van der Waals surface area contributed by atoms with Crippen LogP contribution < -0.4 is 4.74 Å². The Morgan fingerprint density at radius 1 is 1.62 bits per heavy atom. The first kappa shape index (κ1) is 9.51. The molecule has 0 saturated heterocycles. The van der Waals surface area contributed by atoms with Crippen LogP contribution in [-0.4, -0.2) is 17.7 Å².